The van der Waals surface area contributed by atoms with E-state index >= 15 is 0 Å². The standard InChI is InChI=1S/C17H17FN2O2/c1-22-14-9-15(18)16(19-10-14)17(21)20-8-7-13(11-20)12-5-3-2-4-6-12/h2-6,9-10,13H,7-8,11H2,1H3. The molecule has 0 bridgehead atoms. The van der Waals surface area contributed by atoms with E-state index in [4.69, 9.17) is 4.74 Å². The minimum absolute atomic E-state index is 0.144. The fourth-order valence-electron chi connectivity index (χ4n) is 2.78. The van der Waals surface area contributed by atoms with E-state index in [2.05, 4.69) is 17.1 Å². The molecule has 1 aromatic heterocycles. The van der Waals surface area contributed by atoms with E-state index in [-0.39, 0.29) is 11.6 Å². The molecule has 4 nitrogen and oxygen atoms in total. The van der Waals surface area contributed by atoms with Crippen molar-refractivity contribution in [1.82, 2.24) is 9.88 Å². The van der Waals surface area contributed by atoms with Crippen molar-refractivity contribution in [2.24, 2.45) is 0 Å². The summed E-state index contributed by atoms with van der Waals surface area (Å²) in [4.78, 5) is 18.0. The highest BCUT2D eigenvalue weighted by molar-refractivity contribution is 5.92. The molecule has 114 valence electrons. The third-order valence-electron chi connectivity index (χ3n) is 4.00. The van der Waals surface area contributed by atoms with Crippen LogP contribution in [0.3, 0.4) is 0 Å². The van der Waals surface area contributed by atoms with Crippen LogP contribution in [-0.2, 0) is 0 Å². The molecule has 22 heavy (non-hydrogen) atoms. The van der Waals surface area contributed by atoms with Gasteiger partial charge in [0.25, 0.3) is 5.91 Å². The molecule has 2 heterocycles. The van der Waals surface area contributed by atoms with Crippen LogP contribution in [0.25, 0.3) is 0 Å². The van der Waals surface area contributed by atoms with E-state index < -0.39 is 5.82 Å². The van der Waals surface area contributed by atoms with E-state index in [9.17, 15) is 9.18 Å². The first-order chi connectivity index (χ1) is 10.7. The van der Waals surface area contributed by atoms with Gasteiger partial charge in [-0.3, -0.25) is 4.79 Å². The predicted octanol–water partition coefficient (Wildman–Crippen LogP) is 2.86. The van der Waals surface area contributed by atoms with Crippen molar-refractivity contribution in [3.63, 3.8) is 0 Å². The molecular formula is C17H17FN2O2. The molecule has 1 atom stereocenters. The van der Waals surface area contributed by atoms with Gasteiger partial charge in [-0.2, -0.15) is 0 Å². The number of carbonyl (C=O) groups is 1. The van der Waals surface area contributed by atoms with E-state index in [1.165, 1.54) is 24.9 Å². The van der Waals surface area contributed by atoms with Crippen LogP contribution in [-0.4, -0.2) is 36.0 Å². The van der Waals surface area contributed by atoms with Gasteiger partial charge >= 0.3 is 0 Å². The van der Waals surface area contributed by atoms with Gasteiger partial charge in [0.1, 0.15) is 5.75 Å². The number of halogens is 1. The number of aromatic nitrogens is 1. The van der Waals surface area contributed by atoms with Crippen molar-refractivity contribution in [1.29, 1.82) is 0 Å². The van der Waals surface area contributed by atoms with E-state index in [0.29, 0.717) is 24.8 Å². The second-order valence-corrected chi connectivity index (χ2v) is 5.35. The lowest BCUT2D eigenvalue weighted by atomic mass is 9.99. The third-order valence-corrected chi connectivity index (χ3v) is 4.00. The average Bonchev–Trinajstić information content (AvgIpc) is 3.05. The Hall–Kier alpha value is -2.43. The van der Waals surface area contributed by atoms with Crippen molar-refractivity contribution >= 4 is 5.91 Å². The number of pyridine rings is 1. The largest absolute Gasteiger partial charge is 0.495 e. The summed E-state index contributed by atoms with van der Waals surface area (Å²) in [6.45, 7) is 1.21. The maximum Gasteiger partial charge on any atom is 0.275 e. The summed E-state index contributed by atoms with van der Waals surface area (Å²) in [6, 6.07) is 11.3. The lowest BCUT2D eigenvalue weighted by Gasteiger charge is -2.16. The molecule has 1 fully saturated rings. The molecule has 2 aromatic rings. The molecular weight excluding hydrogens is 283 g/mol. The number of carbonyl (C=O) groups excluding carboxylic acids is 1. The Balaban J connectivity index is 1.74. The van der Waals surface area contributed by atoms with E-state index in [1.54, 1.807) is 4.90 Å². The van der Waals surface area contributed by atoms with Gasteiger partial charge in [0.15, 0.2) is 11.5 Å². The topological polar surface area (TPSA) is 42.4 Å². The lowest BCUT2D eigenvalue weighted by molar-refractivity contribution is 0.0779. The maximum atomic E-state index is 14.0. The lowest BCUT2D eigenvalue weighted by Crippen LogP contribution is -2.30. The molecule has 1 amide bonds. The second kappa shape index (κ2) is 6.13. The number of likely N-dealkylation sites (tertiary alicyclic amines) is 1. The molecule has 0 N–H and O–H groups in total. The Morgan fingerprint density at radius 3 is 2.82 bits per heavy atom. The molecule has 1 aliphatic rings. The SMILES string of the molecule is COc1cnc(C(=O)N2CCC(c3ccccc3)C2)c(F)c1. The number of nitrogens with zero attached hydrogens (tertiary/aromatic N) is 2. The van der Waals surface area contributed by atoms with Gasteiger partial charge in [-0.1, -0.05) is 30.3 Å². The summed E-state index contributed by atoms with van der Waals surface area (Å²) in [5, 5.41) is 0. The Morgan fingerprint density at radius 2 is 2.14 bits per heavy atom. The normalized spacial score (nSPS) is 17.5. The Bertz CT molecular complexity index is 676. The van der Waals surface area contributed by atoms with Gasteiger partial charge in [-0.25, -0.2) is 9.37 Å². The van der Waals surface area contributed by atoms with E-state index in [0.717, 1.165) is 6.42 Å². The van der Waals surface area contributed by atoms with Crippen molar-refractivity contribution in [3.8, 4) is 5.75 Å². The summed E-state index contributed by atoms with van der Waals surface area (Å²) < 4.78 is 18.9. The van der Waals surface area contributed by atoms with Gasteiger partial charge in [0.2, 0.25) is 0 Å². The second-order valence-electron chi connectivity index (χ2n) is 5.35. The van der Waals surface area contributed by atoms with Crippen LogP contribution < -0.4 is 4.74 Å². The average molecular weight is 300 g/mol. The van der Waals surface area contributed by atoms with Gasteiger partial charge in [-0.05, 0) is 12.0 Å². The zero-order chi connectivity index (χ0) is 15.5. The molecule has 0 spiro atoms. The van der Waals surface area contributed by atoms with Gasteiger partial charge in [0, 0.05) is 25.1 Å². The summed E-state index contributed by atoms with van der Waals surface area (Å²) in [7, 11) is 1.43. The van der Waals surface area contributed by atoms with Crippen molar-refractivity contribution < 1.29 is 13.9 Å². The highest BCUT2D eigenvalue weighted by Gasteiger charge is 2.30. The van der Waals surface area contributed by atoms with Crippen LogP contribution in [0.1, 0.15) is 28.4 Å². The maximum absolute atomic E-state index is 14.0. The first-order valence-electron chi connectivity index (χ1n) is 7.23. The molecule has 0 radical (unpaired) electrons. The van der Waals surface area contributed by atoms with Crippen molar-refractivity contribution in [2.75, 3.05) is 20.2 Å². The monoisotopic (exact) mass is 300 g/mol. The Labute approximate surface area is 128 Å². The van der Waals surface area contributed by atoms with E-state index in [1.807, 2.05) is 18.2 Å². The van der Waals surface area contributed by atoms with Gasteiger partial charge in [-0.15, -0.1) is 0 Å². The molecule has 0 aliphatic carbocycles. The number of rotatable bonds is 3. The Kier molecular flexibility index (Phi) is 4.04. The quantitative estimate of drug-likeness (QED) is 0.875. The molecule has 5 heteroatoms. The number of amides is 1. The van der Waals surface area contributed by atoms with Crippen LogP contribution in [0.2, 0.25) is 0 Å². The van der Waals surface area contributed by atoms with Crippen LogP contribution in [0.4, 0.5) is 4.39 Å². The summed E-state index contributed by atoms with van der Waals surface area (Å²) >= 11 is 0. The highest BCUT2D eigenvalue weighted by Crippen LogP contribution is 2.28. The van der Waals surface area contributed by atoms with Crippen LogP contribution >= 0.6 is 0 Å². The molecule has 1 unspecified atom stereocenters. The third kappa shape index (κ3) is 2.79. The number of hydrogen-bond donors (Lipinski definition) is 0. The number of ether oxygens (including phenoxy) is 1. The smallest absolute Gasteiger partial charge is 0.275 e. The van der Waals surface area contributed by atoms with Crippen molar-refractivity contribution in [3.05, 3.63) is 59.7 Å². The minimum Gasteiger partial charge on any atom is -0.495 e. The molecule has 1 saturated heterocycles. The molecule has 1 aliphatic heterocycles. The fraction of sp³-hybridized carbons (Fsp3) is 0.294. The van der Waals surface area contributed by atoms with Crippen LogP contribution in [0, 0.1) is 5.82 Å². The predicted molar refractivity (Wildman–Crippen MR) is 80.5 cm³/mol. The Morgan fingerprint density at radius 1 is 1.36 bits per heavy atom. The van der Waals surface area contributed by atoms with Gasteiger partial charge < -0.3 is 9.64 Å². The number of benzene rings is 1. The fourth-order valence-corrected chi connectivity index (χ4v) is 2.78. The summed E-state index contributed by atoms with van der Waals surface area (Å²) in [5.74, 6) is -0.407. The number of methoxy groups -OCH3 is 1. The molecule has 3 rings (SSSR count). The molecule has 0 saturated carbocycles. The van der Waals surface area contributed by atoms with Crippen LogP contribution in [0.5, 0.6) is 5.75 Å². The van der Waals surface area contributed by atoms with Crippen LogP contribution in [0.15, 0.2) is 42.6 Å². The summed E-state index contributed by atoms with van der Waals surface area (Å²) in [6.07, 6.45) is 2.24. The minimum atomic E-state index is -0.646. The molecule has 1 aromatic carbocycles. The summed E-state index contributed by atoms with van der Waals surface area (Å²) in [5.41, 5.74) is 1.07. The van der Waals surface area contributed by atoms with Gasteiger partial charge in [0.05, 0.1) is 13.3 Å². The highest BCUT2D eigenvalue weighted by atomic mass is 19.1. The first kappa shape index (κ1) is 14.5. The van der Waals surface area contributed by atoms with Crippen molar-refractivity contribution in [2.45, 2.75) is 12.3 Å². The zero-order valence-corrected chi connectivity index (χ0v) is 12.3. The first-order valence-corrected chi connectivity index (χ1v) is 7.23. The zero-order valence-electron chi connectivity index (χ0n) is 12.3. The number of hydrogen-bond acceptors (Lipinski definition) is 3.